The summed E-state index contributed by atoms with van der Waals surface area (Å²) in [5.41, 5.74) is 0. The van der Waals surface area contributed by atoms with Crippen molar-refractivity contribution in [1.82, 2.24) is 10.2 Å². The van der Waals surface area contributed by atoms with Crippen LogP contribution in [0.5, 0.6) is 0 Å². The van der Waals surface area contributed by atoms with Crippen molar-refractivity contribution in [2.45, 2.75) is 6.04 Å². The first-order valence-electron chi connectivity index (χ1n) is 5.05. The number of rotatable bonds is 2. The summed E-state index contributed by atoms with van der Waals surface area (Å²) in [5.74, 6) is -1.53. The van der Waals surface area contributed by atoms with Crippen LogP contribution in [0.2, 0.25) is 0 Å². The van der Waals surface area contributed by atoms with E-state index in [1.807, 2.05) is 0 Å². The fraction of sp³-hybridized carbons (Fsp3) is 0.600. The SMILES string of the molecule is CN1CC2CNCC21.O=C(O)/C=C/C(=O)O. The Balaban J connectivity index is 0.000000160. The van der Waals surface area contributed by atoms with Gasteiger partial charge in [0.2, 0.25) is 0 Å². The van der Waals surface area contributed by atoms with Gasteiger partial charge in [0.05, 0.1) is 0 Å². The zero-order chi connectivity index (χ0) is 12.1. The third kappa shape index (κ3) is 3.63. The molecule has 0 aromatic carbocycles. The Morgan fingerprint density at radius 3 is 2.12 bits per heavy atom. The van der Waals surface area contributed by atoms with E-state index in [0.717, 1.165) is 12.0 Å². The van der Waals surface area contributed by atoms with Crippen molar-refractivity contribution in [1.29, 1.82) is 0 Å². The zero-order valence-corrected chi connectivity index (χ0v) is 9.09. The average molecular weight is 228 g/mol. The van der Waals surface area contributed by atoms with Gasteiger partial charge in [-0.05, 0) is 7.05 Å². The van der Waals surface area contributed by atoms with E-state index in [4.69, 9.17) is 10.2 Å². The lowest BCUT2D eigenvalue weighted by molar-refractivity contribution is -0.134. The number of hydrogen-bond acceptors (Lipinski definition) is 4. The molecule has 0 aliphatic carbocycles. The molecule has 2 fully saturated rings. The number of nitrogens with one attached hydrogen (secondary N) is 1. The van der Waals surface area contributed by atoms with Gasteiger partial charge in [0.25, 0.3) is 0 Å². The van der Waals surface area contributed by atoms with Crippen LogP contribution in [-0.4, -0.2) is 59.8 Å². The molecule has 6 nitrogen and oxygen atoms in total. The summed E-state index contributed by atoms with van der Waals surface area (Å²) in [6.07, 6.45) is 1.12. The molecule has 2 aliphatic rings. The topological polar surface area (TPSA) is 89.9 Å². The maximum Gasteiger partial charge on any atom is 0.328 e. The van der Waals surface area contributed by atoms with E-state index in [0.29, 0.717) is 12.2 Å². The van der Waals surface area contributed by atoms with Gasteiger partial charge in [-0.2, -0.15) is 0 Å². The fourth-order valence-corrected chi connectivity index (χ4v) is 1.93. The lowest BCUT2D eigenvalue weighted by atomic mass is 9.93. The van der Waals surface area contributed by atoms with E-state index in [1.54, 1.807) is 0 Å². The maximum absolute atomic E-state index is 9.55. The van der Waals surface area contributed by atoms with Crippen LogP contribution in [0.1, 0.15) is 0 Å². The van der Waals surface area contributed by atoms with Crippen LogP contribution in [0.3, 0.4) is 0 Å². The second-order valence-electron chi connectivity index (χ2n) is 3.94. The smallest absolute Gasteiger partial charge is 0.328 e. The minimum absolute atomic E-state index is 0.558. The molecule has 2 saturated heterocycles. The number of carboxylic acids is 2. The highest BCUT2D eigenvalue weighted by atomic mass is 16.4. The normalized spacial score (nSPS) is 27.8. The summed E-state index contributed by atoms with van der Waals surface area (Å²) >= 11 is 0. The fourth-order valence-electron chi connectivity index (χ4n) is 1.93. The van der Waals surface area contributed by atoms with Crippen LogP contribution >= 0.6 is 0 Å². The molecule has 2 unspecified atom stereocenters. The molecule has 0 aromatic rings. The zero-order valence-electron chi connectivity index (χ0n) is 9.09. The molecule has 2 rings (SSSR count). The maximum atomic E-state index is 9.55. The number of nitrogens with zero attached hydrogens (tertiary/aromatic N) is 1. The number of carbonyl (C=O) groups is 2. The first kappa shape index (κ1) is 12.7. The molecule has 0 saturated carbocycles. The van der Waals surface area contributed by atoms with Crippen molar-refractivity contribution in [3.8, 4) is 0 Å². The van der Waals surface area contributed by atoms with Crippen LogP contribution < -0.4 is 5.32 Å². The van der Waals surface area contributed by atoms with Gasteiger partial charge in [-0.1, -0.05) is 0 Å². The number of likely N-dealkylation sites (tertiary alicyclic amines) is 1. The molecule has 2 aliphatic heterocycles. The Hall–Kier alpha value is -1.40. The molecular formula is C10H16N2O4. The molecule has 16 heavy (non-hydrogen) atoms. The molecule has 90 valence electrons. The van der Waals surface area contributed by atoms with E-state index in [1.165, 1.54) is 19.6 Å². The molecule has 3 N–H and O–H groups in total. The summed E-state index contributed by atoms with van der Waals surface area (Å²) in [4.78, 5) is 21.5. The van der Waals surface area contributed by atoms with Crippen LogP contribution in [0.25, 0.3) is 0 Å². The van der Waals surface area contributed by atoms with Gasteiger partial charge in [-0.3, -0.25) is 0 Å². The molecule has 6 heteroatoms. The summed E-state index contributed by atoms with van der Waals surface area (Å²) < 4.78 is 0. The van der Waals surface area contributed by atoms with E-state index >= 15 is 0 Å². The Kier molecular flexibility index (Phi) is 4.45. The van der Waals surface area contributed by atoms with E-state index in [9.17, 15) is 9.59 Å². The first-order chi connectivity index (χ1) is 7.50. The highest BCUT2D eigenvalue weighted by Gasteiger charge is 2.39. The predicted molar refractivity (Wildman–Crippen MR) is 57.2 cm³/mol. The van der Waals surface area contributed by atoms with Gasteiger partial charge in [0.1, 0.15) is 0 Å². The highest BCUT2D eigenvalue weighted by molar-refractivity contribution is 5.89. The van der Waals surface area contributed by atoms with Crippen molar-refractivity contribution >= 4 is 11.9 Å². The molecule has 0 bridgehead atoms. The van der Waals surface area contributed by atoms with Crippen molar-refractivity contribution in [2.75, 3.05) is 26.7 Å². The second kappa shape index (κ2) is 5.62. The number of likely N-dealkylation sites (N-methyl/N-ethyl adjacent to an activating group) is 1. The third-order valence-corrected chi connectivity index (χ3v) is 2.76. The van der Waals surface area contributed by atoms with Crippen LogP contribution in [0.15, 0.2) is 12.2 Å². The van der Waals surface area contributed by atoms with Gasteiger partial charge in [-0.25, -0.2) is 9.59 Å². The predicted octanol–water partition coefficient (Wildman–Crippen LogP) is -0.768. The Labute approximate surface area is 93.5 Å². The van der Waals surface area contributed by atoms with E-state index < -0.39 is 11.9 Å². The van der Waals surface area contributed by atoms with Crippen molar-refractivity contribution in [2.24, 2.45) is 5.92 Å². The largest absolute Gasteiger partial charge is 0.478 e. The minimum atomic E-state index is -1.26. The van der Waals surface area contributed by atoms with Crippen molar-refractivity contribution < 1.29 is 19.8 Å². The number of fused-ring (bicyclic) bond motifs is 1. The van der Waals surface area contributed by atoms with Crippen LogP contribution in [-0.2, 0) is 9.59 Å². The van der Waals surface area contributed by atoms with Gasteiger partial charge < -0.3 is 20.4 Å². The number of carboxylic acid groups (broad SMARTS) is 2. The average Bonchev–Trinajstić information content (AvgIpc) is 2.57. The number of hydrogen-bond donors (Lipinski definition) is 3. The summed E-state index contributed by atoms with van der Waals surface area (Å²) in [6, 6.07) is 0.884. The summed E-state index contributed by atoms with van der Waals surface area (Å²) in [5, 5.41) is 19.0. The van der Waals surface area contributed by atoms with Crippen molar-refractivity contribution in [3.05, 3.63) is 12.2 Å². The molecule has 0 aromatic heterocycles. The van der Waals surface area contributed by atoms with Gasteiger partial charge in [-0.15, -0.1) is 0 Å². The summed E-state index contributed by atoms with van der Waals surface area (Å²) in [7, 11) is 2.20. The van der Waals surface area contributed by atoms with Gasteiger partial charge >= 0.3 is 11.9 Å². The third-order valence-electron chi connectivity index (χ3n) is 2.76. The number of aliphatic carboxylic acids is 2. The van der Waals surface area contributed by atoms with E-state index in [2.05, 4.69) is 17.3 Å². The molecular weight excluding hydrogens is 212 g/mol. The lowest BCUT2D eigenvalue weighted by Crippen LogP contribution is -2.52. The minimum Gasteiger partial charge on any atom is -0.478 e. The Bertz CT molecular complexity index is 287. The molecule has 0 amide bonds. The Morgan fingerprint density at radius 1 is 1.25 bits per heavy atom. The van der Waals surface area contributed by atoms with Crippen LogP contribution in [0.4, 0.5) is 0 Å². The summed E-state index contributed by atoms with van der Waals surface area (Å²) in [6.45, 7) is 3.80. The second-order valence-corrected chi connectivity index (χ2v) is 3.94. The monoisotopic (exact) mass is 228 g/mol. The molecule has 0 radical (unpaired) electrons. The van der Waals surface area contributed by atoms with Gasteiger partial charge in [0, 0.05) is 43.7 Å². The quantitative estimate of drug-likeness (QED) is 0.538. The lowest BCUT2D eigenvalue weighted by Gasteiger charge is -2.40. The Morgan fingerprint density at radius 2 is 1.81 bits per heavy atom. The van der Waals surface area contributed by atoms with Gasteiger partial charge in [0.15, 0.2) is 0 Å². The first-order valence-corrected chi connectivity index (χ1v) is 5.05. The molecule has 2 heterocycles. The van der Waals surface area contributed by atoms with Crippen molar-refractivity contribution in [3.63, 3.8) is 0 Å². The molecule has 2 atom stereocenters. The highest BCUT2D eigenvalue weighted by Crippen LogP contribution is 2.24. The molecule has 0 spiro atoms. The van der Waals surface area contributed by atoms with E-state index in [-0.39, 0.29) is 0 Å². The standard InChI is InChI=1S/C6H12N2.C4H4O4/c1-8-4-5-2-7-3-6(5)8;5-3(6)1-2-4(7)8/h5-7H,2-4H2,1H3;1-2H,(H,5,6)(H,7,8)/b;2-1+. The van der Waals surface area contributed by atoms with Crippen LogP contribution in [0, 0.1) is 5.92 Å².